The van der Waals surface area contributed by atoms with E-state index in [0.717, 1.165) is 28.9 Å². The molecule has 1 aliphatic carbocycles. The number of oxazole rings is 1. The number of aromatic nitrogens is 1. The van der Waals surface area contributed by atoms with Gasteiger partial charge in [0.15, 0.2) is 0 Å². The summed E-state index contributed by atoms with van der Waals surface area (Å²) >= 11 is 0. The molecular weight excluding hydrogens is 408 g/mol. The van der Waals surface area contributed by atoms with Crippen LogP contribution in [0.2, 0.25) is 0 Å². The van der Waals surface area contributed by atoms with Gasteiger partial charge in [-0.15, -0.1) is 0 Å². The molecule has 6 heteroatoms. The highest BCUT2D eigenvalue weighted by molar-refractivity contribution is 7.84. The summed E-state index contributed by atoms with van der Waals surface area (Å²) in [6.45, 7) is 3.84. The second kappa shape index (κ2) is 9.60. The summed E-state index contributed by atoms with van der Waals surface area (Å²) < 4.78 is 18.5. The van der Waals surface area contributed by atoms with Gasteiger partial charge in [0.1, 0.15) is 5.76 Å². The molecule has 1 atom stereocenters. The van der Waals surface area contributed by atoms with Crippen LogP contribution in [0.5, 0.6) is 0 Å². The van der Waals surface area contributed by atoms with Crippen molar-refractivity contribution in [2.75, 3.05) is 0 Å². The van der Waals surface area contributed by atoms with Gasteiger partial charge < -0.3 is 9.73 Å². The van der Waals surface area contributed by atoms with Gasteiger partial charge in [-0.2, -0.15) is 0 Å². The molecule has 1 aromatic heterocycles. The molecule has 4 rings (SSSR count). The summed E-state index contributed by atoms with van der Waals surface area (Å²) in [4.78, 5) is 17.9. The number of amides is 1. The summed E-state index contributed by atoms with van der Waals surface area (Å²) in [5, 5.41) is 3.14. The summed E-state index contributed by atoms with van der Waals surface area (Å²) in [6.07, 6.45) is 5.75. The van der Waals surface area contributed by atoms with Crippen molar-refractivity contribution in [1.82, 2.24) is 10.3 Å². The van der Waals surface area contributed by atoms with Crippen LogP contribution in [0.15, 0.2) is 57.8 Å². The summed E-state index contributed by atoms with van der Waals surface area (Å²) in [6, 6.07) is 15.3. The minimum atomic E-state index is -1.19. The summed E-state index contributed by atoms with van der Waals surface area (Å²) in [5.74, 6) is 1.42. The van der Waals surface area contributed by atoms with Gasteiger partial charge in [-0.3, -0.25) is 9.00 Å². The van der Waals surface area contributed by atoms with Gasteiger partial charge >= 0.3 is 0 Å². The van der Waals surface area contributed by atoms with Crippen LogP contribution in [0.3, 0.4) is 0 Å². The lowest BCUT2D eigenvalue weighted by Gasteiger charge is -2.22. The Labute approximate surface area is 185 Å². The molecule has 0 aliphatic heterocycles. The van der Waals surface area contributed by atoms with Crippen LogP contribution in [0.1, 0.15) is 59.5 Å². The van der Waals surface area contributed by atoms with Gasteiger partial charge in [0.05, 0.1) is 22.2 Å². The van der Waals surface area contributed by atoms with E-state index < -0.39 is 10.8 Å². The minimum absolute atomic E-state index is 0.0313. The molecule has 0 bridgehead atoms. The van der Waals surface area contributed by atoms with Crippen molar-refractivity contribution in [3.05, 3.63) is 71.1 Å². The maximum atomic E-state index is 12.7. The minimum Gasteiger partial charge on any atom is -0.441 e. The van der Waals surface area contributed by atoms with E-state index in [0.29, 0.717) is 28.7 Å². The molecule has 1 aliphatic rings. The van der Waals surface area contributed by atoms with E-state index in [2.05, 4.69) is 10.3 Å². The van der Waals surface area contributed by atoms with Crippen molar-refractivity contribution in [3.63, 3.8) is 0 Å². The van der Waals surface area contributed by atoms with E-state index in [9.17, 15) is 9.00 Å². The first-order valence-electron chi connectivity index (χ1n) is 10.8. The Hall–Kier alpha value is -2.73. The lowest BCUT2D eigenvalue weighted by atomic mass is 9.95. The zero-order valence-corrected chi connectivity index (χ0v) is 18.8. The normalized spacial score (nSPS) is 15.5. The fraction of sp³-hybridized carbons (Fsp3) is 0.360. The van der Waals surface area contributed by atoms with Crippen LogP contribution in [0.25, 0.3) is 11.5 Å². The predicted octanol–water partition coefficient (Wildman–Crippen LogP) is 5.33. The molecule has 31 heavy (non-hydrogen) atoms. The van der Waals surface area contributed by atoms with Gasteiger partial charge in [0, 0.05) is 22.1 Å². The van der Waals surface area contributed by atoms with E-state index in [1.54, 1.807) is 12.1 Å². The second-order valence-electron chi connectivity index (χ2n) is 8.21. The third-order valence-electron chi connectivity index (χ3n) is 5.78. The largest absolute Gasteiger partial charge is 0.441 e. The molecular formula is C25H28N2O3S. The van der Waals surface area contributed by atoms with Gasteiger partial charge in [-0.1, -0.05) is 37.0 Å². The fourth-order valence-electron chi connectivity index (χ4n) is 3.86. The number of hydrogen-bond acceptors (Lipinski definition) is 4. The lowest BCUT2D eigenvalue weighted by molar-refractivity contribution is 0.0927. The second-order valence-corrected chi connectivity index (χ2v) is 9.66. The molecule has 1 heterocycles. The third-order valence-corrected chi connectivity index (χ3v) is 7.11. The summed E-state index contributed by atoms with van der Waals surface area (Å²) in [5.41, 5.74) is 3.26. The molecule has 5 nitrogen and oxygen atoms in total. The van der Waals surface area contributed by atoms with Crippen LogP contribution in [0, 0.1) is 13.8 Å². The number of nitrogens with zero attached hydrogens (tertiary/aromatic N) is 1. The Morgan fingerprint density at radius 1 is 1.03 bits per heavy atom. The van der Waals surface area contributed by atoms with Crippen molar-refractivity contribution in [3.8, 4) is 11.5 Å². The van der Waals surface area contributed by atoms with E-state index >= 15 is 0 Å². The zero-order chi connectivity index (χ0) is 21.8. The van der Waals surface area contributed by atoms with Crippen molar-refractivity contribution in [2.45, 2.75) is 62.6 Å². The Morgan fingerprint density at radius 3 is 2.39 bits per heavy atom. The summed E-state index contributed by atoms with van der Waals surface area (Å²) in [7, 11) is -1.19. The molecule has 1 fully saturated rings. The number of aryl methyl sites for hydroxylation is 2. The predicted molar refractivity (Wildman–Crippen MR) is 122 cm³/mol. The molecule has 1 N–H and O–H groups in total. The van der Waals surface area contributed by atoms with Crippen molar-refractivity contribution in [2.24, 2.45) is 0 Å². The number of carbonyl (C=O) groups excluding carboxylic acids is 1. The van der Waals surface area contributed by atoms with Gasteiger partial charge in [0.25, 0.3) is 5.91 Å². The number of rotatable bonds is 6. The highest BCUT2D eigenvalue weighted by Gasteiger charge is 2.18. The average molecular weight is 437 g/mol. The SMILES string of the molecule is Cc1ccc([S@](=O)Cc2nc(-c3ccc(C(=O)NC4CCCCC4)cc3)oc2C)cc1. The smallest absolute Gasteiger partial charge is 0.251 e. The van der Waals surface area contributed by atoms with Crippen LogP contribution in [0.4, 0.5) is 0 Å². The quantitative estimate of drug-likeness (QED) is 0.567. The van der Waals surface area contributed by atoms with Gasteiger partial charge in [-0.05, 0) is 63.1 Å². The van der Waals surface area contributed by atoms with Crippen LogP contribution >= 0.6 is 0 Å². The molecule has 2 aromatic carbocycles. The van der Waals surface area contributed by atoms with Crippen LogP contribution in [-0.4, -0.2) is 21.1 Å². The first-order valence-corrected chi connectivity index (χ1v) is 12.1. The topological polar surface area (TPSA) is 72.2 Å². The zero-order valence-electron chi connectivity index (χ0n) is 18.0. The number of benzene rings is 2. The van der Waals surface area contributed by atoms with Gasteiger partial charge in [-0.25, -0.2) is 4.98 Å². The molecule has 162 valence electrons. The van der Waals surface area contributed by atoms with Crippen molar-refractivity contribution < 1.29 is 13.4 Å². The van der Waals surface area contributed by atoms with E-state index in [1.165, 1.54) is 19.3 Å². The molecule has 0 spiro atoms. The maximum Gasteiger partial charge on any atom is 0.251 e. The molecule has 0 saturated heterocycles. The average Bonchev–Trinajstić information content (AvgIpc) is 3.15. The van der Waals surface area contributed by atoms with Gasteiger partial charge in [0.2, 0.25) is 5.89 Å². The van der Waals surface area contributed by atoms with Crippen LogP contribution in [-0.2, 0) is 16.6 Å². The van der Waals surface area contributed by atoms with Crippen molar-refractivity contribution >= 4 is 16.7 Å². The Balaban J connectivity index is 1.43. The Kier molecular flexibility index (Phi) is 6.66. The highest BCUT2D eigenvalue weighted by atomic mass is 32.2. The van der Waals surface area contributed by atoms with Crippen LogP contribution < -0.4 is 5.32 Å². The third kappa shape index (κ3) is 5.31. The van der Waals surface area contributed by atoms with E-state index in [1.807, 2.05) is 50.2 Å². The number of hydrogen-bond donors (Lipinski definition) is 1. The first kappa shape index (κ1) is 21.5. The molecule has 3 aromatic rings. The Bertz CT molecular complexity index is 1070. The molecule has 0 unspecified atom stereocenters. The number of nitrogens with one attached hydrogen (secondary N) is 1. The molecule has 0 radical (unpaired) electrons. The highest BCUT2D eigenvalue weighted by Crippen LogP contribution is 2.24. The Morgan fingerprint density at radius 2 is 1.71 bits per heavy atom. The molecule has 1 saturated carbocycles. The lowest BCUT2D eigenvalue weighted by Crippen LogP contribution is -2.36. The van der Waals surface area contributed by atoms with E-state index in [-0.39, 0.29) is 11.9 Å². The maximum absolute atomic E-state index is 12.7. The van der Waals surface area contributed by atoms with Crippen molar-refractivity contribution in [1.29, 1.82) is 0 Å². The standard InChI is InChI=1S/C25H28N2O3S/c1-17-8-14-22(15-9-17)31(29)16-23-18(2)30-25(27-23)20-12-10-19(11-13-20)24(28)26-21-6-4-3-5-7-21/h8-15,21H,3-7,16H2,1-2H3,(H,26,28)/t31-/m1/s1. The van der Waals surface area contributed by atoms with E-state index in [4.69, 9.17) is 4.42 Å². The fourth-order valence-corrected chi connectivity index (χ4v) is 4.99. The molecule has 1 amide bonds. The monoisotopic (exact) mass is 436 g/mol. The number of carbonyl (C=O) groups is 1. The first-order chi connectivity index (χ1) is 15.0.